The fraction of sp³-hybridized carbons (Fsp3) is 0.600. The molecule has 0 spiro atoms. The van der Waals surface area contributed by atoms with Crippen molar-refractivity contribution < 1.29 is 28.9 Å². The van der Waals surface area contributed by atoms with Crippen LogP contribution in [0.15, 0.2) is 18.2 Å². The number of rotatable bonds is 9. The Labute approximate surface area is 160 Å². The van der Waals surface area contributed by atoms with E-state index < -0.39 is 12.6 Å². The molecule has 0 bridgehead atoms. The van der Waals surface area contributed by atoms with Gasteiger partial charge in [0.05, 0.1) is 6.61 Å². The highest BCUT2D eigenvalue weighted by atomic mass is 16.5. The molecule has 7 heteroatoms. The summed E-state index contributed by atoms with van der Waals surface area (Å²) >= 11 is 0. The Balaban J connectivity index is 2.13. The summed E-state index contributed by atoms with van der Waals surface area (Å²) in [5.41, 5.74) is 0.522. The van der Waals surface area contributed by atoms with Crippen molar-refractivity contribution in [2.45, 2.75) is 32.6 Å². The number of hydrogen-bond donors (Lipinski definition) is 1. The summed E-state index contributed by atoms with van der Waals surface area (Å²) < 4.78 is 16.0. The van der Waals surface area contributed by atoms with Crippen molar-refractivity contribution in [3.63, 3.8) is 0 Å². The molecule has 1 aromatic carbocycles. The van der Waals surface area contributed by atoms with Crippen LogP contribution in [0, 0.1) is 5.92 Å². The number of amides is 1. The van der Waals surface area contributed by atoms with Crippen molar-refractivity contribution in [2.24, 2.45) is 5.92 Å². The smallest absolute Gasteiger partial charge is 0.341 e. The van der Waals surface area contributed by atoms with Crippen molar-refractivity contribution >= 4 is 11.9 Å². The summed E-state index contributed by atoms with van der Waals surface area (Å²) in [4.78, 5) is 25.6. The first kappa shape index (κ1) is 21.0. The van der Waals surface area contributed by atoms with E-state index in [1.54, 1.807) is 25.3 Å². The molecule has 1 atom stereocenters. The van der Waals surface area contributed by atoms with Gasteiger partial charge in [0.2, 0.25) is 0 Å². The van der Waals surface area contributed by atoms with Gasteiger partial charge in [-0.1, -0.05) is 6.42 Å². The molecule has 0 saturated carbocycles. The predicted molar refractivity (Wildman–Crippen MR) is 100 cm³/mol. The summed E-state index contributed by atoms with van der Waals surface area (Å²) in [6.45, 7) is 3.93. The van der Waals surface area contributed by atoms with Crippen molar-refractivity contribution in [3.05, 3.63) is 23.8 Å². The highest BCUT2D eigenvalue weighted by Crippen LogP contribution is 2.30. The van der Waals surface area contributed by atoms with Gasteiger partial charge in [-0.3, -0.25) is 4.79 Å². The zero-order chi connectivity index (χ0) is 19.6. The lowest BCUT2D eigenvalue weighted by Gasteiger charge is -2.25. The Morgan fingerprint density at radius 2 is 2.04 bits per heavy atom. The molecule has 1 unspecified atom stereocenters. The maximum absolute atomic E-state index is 13.0. The van der Waals surface area contributed by atoms with Crippen molar-refractivity contribution in [1.29, 1.82) is 0 Å². The molecule has 1 aliphatic rings. The average molecular weight is 379 g/mol. The summed E-state index contributed by atoms with van der Waals surface area (Å²) in [6, 6.07) is 4.90. The normalized spacial score (nSPS) is 17.3. The Bertz CT molecular complexity index is 633. The van der Waals surface area contributed by atoms with Crippen LogP contribution in [0.2, 0.25) is 0 Å². The van der Waals surface area contributed by atoms with Gasteiger partial charge in [0.15, 0.2) is 18.1 Å². The van der Waals surface area contributed by atoms with Gasteiger partial charge in [0, 0.05) is 32.4 Å². The van der Waals surface area contributed by atoms with Crippen LogP contribution in [0.5, 0.6) is 11.5 Å². The van der Waals surface area contributed by atoms with Gasteiger partial charge in [-0.15, -0.1) is 0 Å². The quantitative estimate of drug-likeness (QED) is 0.710. The third-order valence-electron chi connectivity index (χ3n) is 4.63. The van der Waals surface area contributed by atoms with Crippen molar-refractivity contribution in [3.8, 4) is 11.5 Å². The molecule has 150 valence electrons. The van der Waals surface area contributed by atoms with Crippen molar-refractivity contribution in [1.82, 2.24) is 4.90 Å². The monoisotopic (exact) mass is 379 g/mol. The lowest BCUT2D eigenvalue weighted by Crippen LogP contribution is -2.35. The number of carboxylic acids is 1. The zero-order valence-electron chi connectivity index (χ0n) is 16.1. The van der Waals surface area contributed by atoms with E-state index in [1.165, 1.54) is 0 Å². The van der Waals surface area contributed by atoms with Crippen LogP contribution in [0.25, 0.3) is 0 Å². The second kappa shape index (κ2) is 10.8. The summed E-state index contributed by atoms with van der Waals surface area (Å²) in [6.07, 6.45) is 4.17. The van der Waals surface area contributed by atoms with Crippen LogP contribution in [-0.2, 0) is 9.53 Å². The number of ether oxygens (including phenoxy) is 3. The Morgan fingerprint density at radius 1 is 1.22 bits per heavy atom. The highest BCUT2D eigenvalue weighted by Gasteiger charge is 2.24. The van der Waals surface area contributed by atoms with E-state index in [4.69, 9.17) is 19.3 Å². The van der Waals surface area contributed by atoms with E-state index in [2.05, 4.69) is 0 Å². The van der Waals surface area contributed by atoms with Crippen molar-refractivity contribution in [2.75, 3.05) is 40.0 Å². The number of benzene rings is 1. The Hall–Kier alpha value is -2.28. The maximum atomic E-state index is 13.0. The second-order valence-corrected chi connectivity index (χ2v) is 6.67. The SMILES string of the molecule is CCOc1cc(C(=O)N2CCCCC(CCOC)C2)ccc1OCC(=O)O. The molecule has 0 aliphatic carbocycles. The zero-order valence-corrected chi connectivity index (χ0v) is 16.1. The van der Waals surface area contributed by atoms with E-state index >= 15 is 0 Å². The summed E-state index contributed by atoms with van der Waals surface area (Å²) in [5, 5.41) is 8.79. The van der Waals surface area contributed by atoms with Crippen LogP contribution in [0.3, 0.4) is 0 Å². The van der Waals surface area contributed by atoms with Gasteiger partial charge in [-0.2, -0.15) is 0 Å². The van der Waals surface area contributed by atoms with E-state index in [0.717, 1.165) is 38.8 Å². The number of likely N-dealkylation sites (tertiary alicyclic amines) is 1. The summed E-state index contributed by atoms with van der Waals surface area (Å²) in [5.74, 6) is 0.0512. The van der Waals surface area contributed by atoms with E-state index in [-0.39, 0.29) is 5.91 Å². The topological polar surface area (TPSA) is 85.3 Å². The maximum Gasteiger partial charge on any atom is 0.341 e. The molecule has 27 heavy (non-hydrogen) atoms. The number of methoxy groups -OCH3 is 1. The summed E-state index contributed by atoms with van der Waals surface area (Å²) in [7, 11) is 1.70. The number of carbonyl (C=O) groups excluding carboxylic acids is 1. The lowest BCUT2D eigenvalue weighted by atomic mass is 10.00. The van der Waals surface area contributed by atoms with Crippen LogP contribution in [0.4, 0.5) is 0 Å². The Morgan fingerprint density at radius 3 is 2.74 bits per heavy atom. The molecule has 1 N–H and O–H groups in total. The number of carboxylic acid groups (broad SMARTS) is 1. The van der Waals surface area contributed by atoms with Crippen LogP contribution in [0.1, 0.15) is 43.0 Å². The van der Waals surface area contributed by atoms with Crippen LogP contribution < -0.4 is 9.47 Å². The van der Waals surface area contributed by atoms with Gasteiger partial charge in [-0.05, 0) is 50.3 Å². The van der Waals surface area contributed by atoms with E-state index in [1.807, 2.05) is 11.8 Å². The van der Waals surface area contributed by atoms with Crippen LogP contribution >= 0.6 is 0 Å². The fourth-order valence-electron chi connectivity index (χ4n) is 3.29. The largest absolute Gasteiger partial charge is 0.490 e. The fourth-order valence-corrected chi connectivity index (χ4v) is 3.29. The number of nitrogens with zero attached hydrogens (tertiary/aromatic N) is 1. The van der Waals surface area contributed by atoms with E-state index in [9.17, 15) is 9.59 Å². The molecule has 2 rings (SSSR count). The van der Waals surface area contributed by atoms with E-state index in [0.29, 0.717) is 36.2 Å². The molecule has 0 aromatic heterocycles. The lowest BCUT2D eigenvalue weighted by molar-refractivity contribution is -0.139. The number of carbonyl (C=O) groups is 2. The molecule has 1 saturated heterocycles. The molecule has 1 aliphatic heterocycles. The molecule has 1 fully saturated rings. The minimum absolute atomic E-state index is 0.0370. The predicted octanol–water partition coefficient (Wildman–Crippen LogP) is 2.83. The first-order valence-corrected chi connectivity index (χ1v) is 9.44. The third kappa shape index (κ3) is 6.43. The first-order chi connectivity index (χ1) is 13.0. The standard InChI is InChI=1S/C20H29NO6/c1-3-26-18-12-16(7-8-17(18)27-14-19(22)23)20(24)21-10-5-4-6-15(13-21)9-11-25-2/h7-8,12,15H,3-6,9-11,13-14H2,1-2H3,(H,22,23). The van der Waals surface area contributed by atoms with Crippen LogP contribution in [-0.4, -0.2) is 61.9 Å². The minimum Gasteiger partial charge on any atom is -0.490 e. The molecular weight excluding hydrogens is 350 g/mol. The number of aliphatic carboxylic acids is 1. The minimum atomic E-state index is -1.07. The second-order valence-electron chi connectivity index (χ2n) is 6.67. The van der Waals surface area contributed by atoms with Gasteiger partial charge < -0.3 is 24.2 Å². The Kier molecular flexibility index (Phi) is 8.39. The molecule has 0 radical (unpaired) electrons. The molecule has 7 nitrogen and oxygen atoms in total. The molecule has 1 aromatic rings. The first-order valence-electron chi connectivity index (χ1n) is 9.44. The molecule has 1 amide bonds. The highest BCUT2D eigenvalue weighted by molar-refractivity contribution is 5.95. The van der Waals surface area contributed by atoms with Gasteiger partial charge in [-0.25, -0.2) is 4.79 Å². The molecular formula is C20H29NO6. The van der Waals surface area contributed by atoms with Gasteiger partial charge in [0.1, 0.15) is 0 Å². The average Bonchev–Trinajstić information content (AvgIpc) is 2.90. The number of hydrogen-bond acceptors (Lipinski definition) is 5. The third-order valence-corrected chi connectivity index (χ3v) is 4.63. The van der Waals surface area contributed by atoms with Gasteiger partial charge >= 0.3 is 5.97 Å². The molecule has 1 heterocycles. The van der Waals surface area contributed by atoms with Gasteiger partial charge in [0.25, 0.3) is 5.91 Å².